The van der Waals surface area contributed by atoms with Crippen molar-refractivity contribution in [1.29, 1.82) is 0 Å². The summed E-state index contributed by atoms with van der Waals surface area (Å²) < 4.78 is 0. The van der Waals surface area contributed by atoms with Crippen LogP contribution >= 0.6 is 0 Å². The molecule has 4 atom stereocenters. The van der Waals surface area contributed by atoms with Crippen molar-refractivity contribution in [2.45, 2.75) is 118 Å². The maximum Gasteiger partial charge on any atom is 0.242 e. The number of carbonyl (C=O) groups excluding carboxylic acids is 6. The van der Waals surface area contributed by atoms with E-state index in [4.69, 9.17) is 0 Å². The molecule has 0 aliphatic carbocycles. The van der Waals surface area contributed by atoms with Gasteiger partial charge in [0.1, 0.15) is 23.7 Å². The van der Waals surface area contributed by atoms with Crippen LogP contribution in [-0.2, 0) is 28.8 Å². The van der Waals surface area contributed by atoms with E-state index in [0.717, 1.165) is 25.7 Å². The van der Waals surface area contributed by atoms with E-state index in [2.05, 4.69) is 21.3 Å². The predicted octanol–water partition coefficient (Wildman–Crippen LogP) is 2.58. The number of rotatable bonds is 21. The van der Waals surface area contributed by atoms with Crippen molar-refractivity contribution >= 4 is 35.2 Å². The second-order valence-corrected chi connectivity index (χ2v) is 10.2. The van der Waals surface area contributed by atoms with E-state index >= 15 is 0 Å². The second kappa shape index (κ2) is 20.2. The number of Topliss-reactive ketones (excluding diaryl/α,β-unsaturated/α-hetero) is 2. The third-order valence-electron chi connectivity index (χ3n) is 6.66. The molecule has 0 rings (SSSR count). The maximum atomic E-state index is 12.6. The average Bonchev–Trinajstić information content (AvgIpc) is 2.88. The summed E-state index contributed by atoms with van der Waals surface area (Å²) in [5.41, 5.74) is 0. The number of nitrogens with one attached hydrogen (secondary N) is 4. The van der Waals surface area contributed by atoms with E-state index in [1.54, 1.807) is 13.8 Å². The molecule has 0 saturated heterocycles. The molecule has 38 heavy (non-hydrogen) atoms. The van der Waals surface area contributed by atoms with Crippen molar-refractivity contribution in [3.05, 3.63) is 0 Å². The lowest BCUT2D eigenvalue weighted by atomic mass is 10.0. The Morgan fingerprint density at radius 3 is 1.18 bits per heavy atom. The predicted molar refractivity (Wildman–Crippen MR) is 147 cm³/mol. The molecule has 0 aromatic heterocycles. The fourth-order valence-corrected chi connectivity index (χ4v) is 3.50. The summed E-state index contributed by atoms with van der Waals surface area (Å²) >= 11 is 0. The van der Waals surface area contributed by atoms with Crippen molar-refractivity contribution in [2.75, 3.05) is 13.1 Å². The van der Waals surface area contributed by atoms with Gasteiger partial charge in [0, 0.05) is 37.8 Å². The number of ketones is 2. The van der Waals surface area contributed by atoms with Crippen LogP contribution in [0.4, 0.5) is 0 Å². The lowest BCUT2D eigenvalue weighted by Crippen LogP contribution is -2.48. The first-order valence-corrected chi connectivity index (χ1v) is 14.1. The molecule has 218 valence electrons. The van der Waals surface area contributed by atoms with Crippen molar-refractivity contribution in [1.82, 2.24) is 21.3 Å². The molecule has 0 saturated carbocycles. The number of amides is 4. The topological polar surface area (TPSA) is 151 Å². The molecule has 0 bridgehead atoms. The minimum atomic E-state index is -0.729. The highest BCUT2D eigenvalue weighted by Gasteiger charge is 2.24. The molecule has 0 fully saturated rings. The Bertz CT molecular complexity index is 721. The Morgan fingerprint density at radius 2 is 0.895 bits per heavy atom. The first-order valence-electron chi connectivity index (χ1n) is 14.1. The lowest BCUT2D eigenvalue weighted by Gasteiger charge is -2.20. The summed E-state index contributed by atoms with van der Waals surface area (Å²) in [5, 5.41) is 11.2. The zero-order valence-corrected chi connectivity index (χ0v) is 24.2. The average molecular weight is 539 g/mol. The Kier molecular flexibility index (Phi) is 18.7. The summed E-state index contributed by atoms with van der Waals surface area (Å²) in [6.07, 6.45) is 5.48. The molecule has 0 aromatic carbocycles. The third kappa shape index (κ3) is 16.1. The Balaban J connectivity index is 4.42. The van der Waals surface area contributed by atoms with Gasteiger partial charge in [0.25, 0.3) is 0 Å². The van der Waals surface area contributed by atoms with E-state index in [0.29, 0.717) is 25.9 Å². The van der Waals surface area contributed by atoms with Gasteiger partial charge in [-0.05, 0) is 52.4 Å². The summed E-state index contributed by atoms with van der Waals surface area (Å²) in [6, 6.07) is -1.46. The van der Waals surface area contributed by atoms with Crippen molar-refractivity contribution in [3.8, 4) is 0 Å². The number of hydrogen-bond donors (Lipinski definition) is 4. The first-order chi connectivity index (χ1) is 17.9. The summed E-state index contributed by atoms with van der Waals surface area (Å²) in [6.45, 7) is 11.2. The van der Waals surface area contributed by atoms with E-state index in [1.165, 1.54) is 13.8 Å². The summed E-state index contributed by atoms with van der Waals surface area (Å²) in [5.74, 6) is -1.43. The molecule has 0 radical (unpaired) electrons. The fourth-order valence-electron chi connectivity index (χ4n) is 3.50. The third-order valence-corrected chi connectivity index (χ3v) is 6.66. The number of unbranched alkanes of at least 4 members (excludes halogenated alkanes) is 3. The zero-order chi connectivity index (χ0) is 29.1. The van der Waals surface area contributed by atoms with Gasteiger partial charge in [0.15, 0.2) is 0 Å². The highest BCUT2D eigenvalue weighted by molar-refractivity contribution is 5.89. The summed E-state index contributed by atoms with van der Waals surface area (Å²) in [4.78, 5) is 72.3. The monoisotopic (exact) mass is 538 g/mol. The first kappa shape index (κ1) is 35.2. The minimum Gasteiger partial charge on any atom is -0.354 e. The van der Waals surface area contributed by atoms with Crippen LogP contribution in [0.3, 0.4) is 0 Å². The quantitative estimate of drug-likeness (QED) is 0.165. The smallest absolute Gasteiger partial charge is 0.242 e. The standard InChI is InChI=1S/C28H50N4O6/c1-7-19(3)25(35)31-23(15-13-21(5)33)27(37)29-17-11-9-10-12-18-30-28(38)24(16-14-22(6)34)32-26(36)20(4)8-2/h19-20,23-24H,7-18H2,1-6H3,(H,29,37)(H,30,38)(H,31,35)(H,32,36)/t19-,20-,23-,24-/m0/s1. The highest BCUT2D eigenvalue weighted by atomic mass is 16.2. The van der Waals surface area contributed by atoms with Gasteiger partial charge in [-0.15, -0.1) is 0 Å². The van der Waals surface area contributed by atoms with Crippen LogP contribution in [0.5, 0.6) is 0 Å². The SMILES string of the molecule is CC[C@H](C)C(=O)N[C@@H](CCC(C)=O)C(=O)NCCCCCCNC(=O)[C@H](CCC(C)=O)NC(=O)[C@@H](C)CC. The zero-order valence-electron chi connectivity index (χ0n) is 24.2. The summed E-state index contributed by atoms with van der Waals surface area (Å²) in [7, 11) is 0. The molecule has 10 heteroatoms. The van der Waals surface area contributed by atoms with E-state index < -0.39 is 12.1 Å². The van der Waals surface area contributed by atoms with Crippen LogP contribution in [0.2, 0.25) is 0 Å². The molecule has 0 spiro atoms. The molecule has 4 amide bonds. The number of hydrogen-bond acceptors (Lipinski definition) is 6. The molecular formula is C28H50N4O6. The molecule has 10 nitrogen and oxygen atoms in total. The van der Waals surface area contributed by atoms with Gasteiger partial charge in [-0.25, -0.2) is 0 Å². The van der Waals surface area contributed by atoms with Gasteiger partial charge in [0.2, 0.25) is 23.6 Å². The van der Waals surface area contributed by atoms with Gasteiger partial charge in [0.05, 0.1) is 0 Å². The van der Waals surface area contributed by atoms with Crippen LogP contribution in [0.25, 0.3) is 0 Å². The van der Waals surface area contributed by atoms with Crippen molar-refractivity contribution in [2.24, 2.45) is 11.8 Å². The van der Waals surface area contributed by atoms with Gasteiger partial charge >= 0.3 is 0 Å². The van der Waals surface area contributed by atoms with Gasteiger partial charge in [-0.2, -0.15) is 0 Å². The van der Waals surface area contributed by atoms with Crippen LogP contribution in [0.1, 0.15) is 106 Å². The van der Waals surface area contributed by atoms with Crippen LogP contribution in [0, 0.1) is 11.8 Å². The van der Waals surface area contributed by atoms with Crippen LogP contribution in [0.15, 0.2) is 0 Å². The van der Waals surface area contributed by atoms with Gasteiger partial charge in [-0.3, -0.25) is 19.2 Å². The fraction of sp³-hybridized carbons (Fsp3) is 0.786. The second-order valence-electron chi connectivity index (χ2n) is 10.2. The molecule has 0 aliphatic rings. The van der Waals surface area contributed by atoms with Crippen molar-refractivity contribution in [3.63, 3.8) is 0 Å². The minimum absolute atomic E-state index is 0.0317. The largest absolute Gasteiger partial charge is 0.354 e. The molecular weight excluding hydrogens is 488 g/mol. The Morgan fingerprint density at radius 1 is 0.553 bits per heavy atom. The molecule has 0 heterocycles. The number of carbonyl (C=O) groups is 6. The molecule has 0 unspecified atom stereocenters. The van der Waals surface area contributed by atoms with Crippen molar-refractivity contribution < 1.29 is 28.8 Å². The van der Waals surface area contributed by atoms with E-state index in [9.17, 15) is 28.8 Å². The van der Waals surface area contributed by atoms with Crippen LogP contribution < -0.4 is 21.3 Å². The molecule has 0 aromatic rings. The molecule has 0 aliphatic heterocycles. The van der Waals surface area contributed by atoms with Gasteiger partial charge in [-0.1, -0.05) is 40.5 Å². The lowest BCUT2D eigenvalue weighted by molar-refractivity contribution is -0.131. The maximum absolute atomic E-state index is 12.6. The normalized spacial score (nSPS) is 13.9. The molecule has 4 N–H and O–H groups in total. The van der Waals surface area contributed by atoms with E-state index in [-0.39, 0.29) is 72.7 Å². The van der Waals surface area contributed by atoms with E-state index in [1.807, 2.05) is 13.8 Å². The van der Waals surface area contributed by atoms with Gasteiger partial charge < -0.3 is 30.9 Å². The van der Waals surface area contributed by atoms with Crippen LogP contribution in [-0.4, -0.2) is 60.4 Å². The highest BCUT2D eigenvalue weighted by Crippen LogP contribution is 2.07. The Hall–Kier alpha value is -2.78. The Labute approximate surface area is 228 Å².